The summed E-state index contributed by atoms with van der Waals surface area (Å²) < 4.78 is 4.30. The van der Waals surface area contributed by atoms with Gasteiger partial charge in [0, 0.05) is 6.42 Å². The van der Waals surface area contributed by atoms with Crippen molar-refractivity contribution in [3.05, 3.63) is 0 Å². The van der Waals surface area contributed by atoms with E-state index in [1.807, 2.05) is 0 Å². The van der Waals surface area contributed by atoms with Crippen molar-refractivity contribution in [1.82, 2.24) is 0 Å². The highest BCUT2D eigenvalue weighted by atomic mass is 35.5. The van der Waals surface area contributed by atoms with E-state index in [0.717, 1.165) is 0 Å². The maximum Gasteiger partial charge on any atom is 0.324 e. The maximum absolute atomic E-state index is 10.5. The highest BCUT2D eigenvalue weighted by Gasteiger charge is 2.12. The Kier molecular flexibility index (Phi) is 3.90. The molecular formula is C6H7ClO2. The van der Waals surface area contributed by atoms with Gasteiger partial charge in [-0.2, -0.15) is 0 Å². The third-order valence-electron chi connectivity index (χ3n) is 0.754. The van der Waals surface area contributed by atoms with Crippen LogP contribution in [0, 0.1) is 12.3 Å². The Morgan fingerprint density at radius 2 is 2.56 bits per heavy atom. The Morgan fingerprint density at radius 1 is 2.00 bits per heavy atom. The molecule has 0 aromatic rings. The normalized spacial score (nSPS) is 11.7. The molecule has 3 heteroatoms. The largest absolute Gasteiger partial charge is 0.468 e. The van der Waals surface area contributed by atoms with Crippen molar-refractivity contribution in [3.63, 3.8) is 0 Å². The Morgan fingerprint density at radius 3 is 2.89 bits per heavy atom. The third kappa shape index (κ3) is 2.99. The molecule has 0 N–H and O–H groups in total. The first kappa shape index (κ1) is 8.32. The Balaban J connectivity index is 3.62. The first-order valence-corrected chi connectivity index (χ1v) is 2.81. The molecule has 9 heavy (non-hydrogen) atoms. The minimum atomic E-state index is -0.694. The van der Waals surface area contributed by atoms with Crippen molar-refractivity contribution in [2.24, 2.45) is 0 Å². The van der Waals surface area contributed by atoms with Crippen molar-refractivity contribution < 1.29 is 9.53 Å². The molecule has 0 bridgehead atoms. The molecule has 0 saturated carbocycles. The Bertz CT molecular complexity index is 136. The molecule has 0 amide bonds. The van der Waals surface area contributed by atoms with Gasteiger partial charge in [0.1, 0.15) is 5.38 Å². The minimum Gasteiger partial charge on any atom is -0.468 e. The van der Waals surface area contributed by atoms with Gasteiger partial charge in [-0.3, -0.25) is 4.79 Å². The molecule has 1 unspecified atom stereocenters. The fourth-order valence-corrected chi connectivity index (χ4v) is 0.493. The molecule has 0 aromatic heterocycles. The van der Waals surface area contributed by atoms with Crippen molar-refractivity contribution in [1.29, 1.82) is 0 Å². The number of hydrogen-bond acceptors (Lipinski definition) is 2. The average Bonchev–Trinajstić information content (AvgIpc) is 1.87. The van der Waals surface area contributed by atoms with Crippen LogP contribution in [0.15, 0.2) is 0 Å². The molecule has 1 atom stereocenters. The average molecular weight is 147 g/mol. The molecule has 0 spiro atoms. The molecule has 0 aliphatic rings. The van der Waals surface area contributed by atoms with Crippen LogP contribution in [0.2, 0.25) is 0 Å². The predicted molar refractivity (Wildman–Crippen MR) is 35.1 cm³/mol. The summed E-state index contributed by atoms with van der Waals surface area (Å²) >= 11 is 5.41. The van der Waals surface area contributed by atoms with E-state index in [9.17, 15) is 4.79 Å². The fourth-order valence-electron chi connectivity index (χ4n) is 0.315. The summed E-state index contributed by atoms with van der Waals surface area (Å²) in [6, 6.07) is 0. The first-order chi connectivity index (χ1) is 4.22. The van der Waals surface area contributed by atoms with Gasteiger partial charge in [0.05, 0.1) is 7.11 Å². The molecule has 0 saturated heterocycles. The summed E-state index contributed by atoms with van der Waals surface area (Å²) in [5, 5.41) is -0.694. The second-order valence-electron chi connectivity index (χ2n) is 1.40. The van der Waals surface area contributed by atoms with Crippen LogP contribution in [-0.2, 0) is 9.53 Å². The predicted octanol–water partition coefficient (Wildman–Crippen LogP) is 0.790. The van der Waals surface area contributed by atoms with E-state index in [1.54, 1.807) is 0 Å². The topological polar surface area (TPSA) is 26.3 Å². The van der Waals surface area contributed by atoms with Gasteiger partial charge in [-0.05, 0) is 0 Å². The lowest BCUT2D eigenvalue weighted by Crippen LogP contribution is -2.14. The summed E-state index contributed by atoms with van der Waals surface area (Å²) in [5.41, 5.74) is 0. The van der Waals surface area contributed by atoms with Gasteiger partial charge < -0.3 is 4.74 Å². The fraction of sp³-hybridized carbons (Fsp3) is 0.500. The first-order valence-electron chi connectivity index (χ1n) is 2.37. The van der Waals surface area contributed by atoms with Crippen LogP contribution in [0.3, 0.4) is 0 Å². The smallest absolute Gasteiger partial charge is 0.324 e. The van der Waals surface area contributed by atoms with Crippen molar-refractivity contribution in [2.45, 2.75) is 11.8 Å². The zero-order chi connectivity index (χ0) is 7.28. The van der Waals surface area contributed by atoms with Crippen LogP contribution >= 0.6 is 11.6 Å². The number of esters is 1. The third-order valence-corrected chi connectivity index (χ3v) is 1.09. The Hall–Kier alpha value is -0.680. The number of methoxy groups -OCH3 is 1. The van der Waals surface area contributed by atoms with Gasteiger partial charge in [0.15, 0.2) is 0 Å². The zero-order valence-electron chi connectivity index (χ0n) is 5.06. The van der Waals surface area contributed by atoms with Crippen LogP contribution in [0.5, 0.6) is 0 Å². The monoisotopic (exact) mass is 146 g/mol. The summed E-state index contributed by atoms with van der Waals surface area (Å²) in [5.74, 6) is 1.77. The maximum atomic E-state index is 10.5. The lowest BCUT2D eigenvalue weighted by atomic mass is 10.3. The number of hydrogen-bond donors (Lipinski definition) is 0. The van der Waals surface area contributed by atoms with Crippen molar-refractivity contribution in [2.75, 3.05) is 7.11 Å². The molecule has 0 aromatic carbocycles. The molecule has 0 heterocycles. The van der Waals surface area contributed by atoms with E-state index >= 15 is 0 Å². The number of alkyl halides is 1. The number of rotatable bonds is 2. The van der Waals surface area contributed by atoms with E-state index in [0.29, 0.717) is 0 Å². The molecule has 0 radical (unpaired) electrons. The molecule has 0 rings (SSSR count). The summed E-state index contributed by atoms with van der Waals surface area (Å²) in [7, 11) is 1.27. The summed E-state index contributed by atoms with van der Waals surface area (Å²) in [6.07, 6.45) is 5.10. The molecule has 0 aliphatic heterocycles. The van der Waals surface area contributed by atoms with Crippen LogP contribution in [-0.4, -0.2) is 18.5 Å². The van der Waals surface area contributed by atoms with Crippen LogP contribution < -0.4 is 0 Å². The second kappa shape index (κ2) is 4.22. The van der Waals surface area contributed by atoms with E-state index < -0.39 is 11.3 Å². The number of carbonyl (C=O) groups is 1. The van der Waals surface area contributed by atoms with Crippen LogP contribution in [0.4, 0.5) is 0 Å². The van der Waals surface area contributed by atoms with Crippen molar-refractivity contribution >= 4 is 17.6 Å². The zero-order valence-corrected chi connectivity index (χ0v) is 5.81. The highest BCUT2D eigenvalue weighted by Crippen LogP contribution is 2.01. The molecule has 0 aliphatic carbocycles. The summed E-state index contributed by atoms with van der Waals surface area (Å²) in [6.45, 7) is 0. The van der Waals surface area contributed by atoms with E-state index in [4.69, 9.17) is 18.0 Å². The quantitative estimate of drug-likeness (QED) is 0.327. The second-order valence-corrected chi connectivity index (χ2v) is 1.93. The lowest BCUT2D eigenvalue weighted by molar-refractivity contribution is -0.140. The van der Waals surface area contributed by atoms with Gasteiger partial charge in [-0.25, -0.2) is 0 Å². The van der Waals surface area contributed by atoms with Gasteiger partial charge in [-0.1, -0.05) is 0 Å². The van der Waals surface area contributed by atoms with Crippen LogP contribution in [0.25, 0.3) is 0 Å². The van der Waals surface area contributed by atoms with Gasteiger partial charge in [-0.15, -0.1) is 23.9 Å². The number of carbonyl (C=O) groups excluding carboxylic acids is 1. The molecule has 2 nitrogen and oxygen atoms in total. The Labute approximate surface area is 59.1 Å². The standard InChI is InChI=1S/C6H7ClO2/c1-3-4-5(7)6(8)9-2/h1,5H,4H2,2H3. The molecular weight excluding hydrogens is 140 g/mol. The van der Waals surface area contributed by atoms with Gasteiger partial charge in [0.25, 0.3) is 0 Å². The van der Waals surface area contributed by atoms with E-state index in [1.165, 1.54) is 7.11 Å². The van der Waals surface area contributed by atoms with Crippen molar-refractivity contribution in [3.8, 4) is 12.3 Å². The SMILES string of the molecule is C#CCC(Cl)C(=O)OC. The number of terminal acetylenes is 1. The number of ether oxygens (including phenoxy) is 1. The van der Waals surface area contributed by atoms with Gasteiger partial charge >= 0.3 is 5.97 Å². The lowest BCUT2D eigenvalue weighted by Gasteiger charge is -2.00. The van der Waals surface area contributed by atoms with E-state index in [-0.39, 0.29) is 6.42 Å². The molecule has 0 fully saturated rings. The van der Waals surface area contributed by atoms with E-state index in [2.05, 4.69) is 10.7 Å². The molecule has 50 valence electrons. The number of halogens is 1. The summed E-state index contributed by atoms with van der Waals surface area (Å²) in [4.78, 5) is 10.5. The highest BCUT2D eigenvalue weighted by molar-refractivity contribution is 6.30. The van der Waals surface area contributed by atoms with Gasteiger partial charge in [0.2, 0.25) is 0 Å². The van der Waals surface area contributed by atoms with Crippen LogP contribution in [0.1, 0.15) is 6.42 Å². The minimum absolute atomic E-state index is 0.216.